The van der Waals surface area contributed by atoms with E-state index in [9.17, 15) is 0 Å². The number of hydrogen-bond acceptors (Lipinski definition) is 1. The summed E-state index contributed by atoms with van der Waals surface area (Å²) in [5, 5.41) is 0. The molecule has 2 atom stereocenters. The van der Waals surface area contributed by atoms with Crippen LogP contribution in [-0.4, -0.2) is 24.0 Å². The van der Waals surface area contributed by atoms with Crippen LogP contribution < -0.4 is 0 Å². The predicted octanol–water partition coefficient (Wildman–Crippen LogP) is 3.44. The largest absolute Gasteiger partial charge is 0.300 e. The second-order valence-corrected chi connectivity index (χ2v) is 6.11. The molecule has 0 aromatic carbocycles. The van der Waals surface area contributed by atoms with E-state index >= 15 is 0 Å². The lowest BCUT2D eigenvalue weighted by molar-refractivity contribution is 0.117. The maximum absolute atomic E-state index is 2.73. The first-order valence-electron chi connectivity index (χ1n) is 7.16. The van der Waals surface area contributed by atoms with Crippen molar-refractivity contribution < 1.29 is 0 Å². The minimum absolute atomic E-state index is 0.991. The zero-order valence-corrected chi connectivity index (χ0v) is 9.96. The van der Waals surface area contributed by atoms with E-state index in [-0.39, 0.29) is 0 Å². The molecule has 15 heavy (non-hydrogen) atoms. The van der Waals surface area contributed by atoms with Crippen LogP contribution in [0.15, 0.2) is 0 Å². The molecule has 0 bridgehead atoms. The summed E-state index contributed by atoms with van der Waals surface area (Å²) in [7, 11) is 0. The topological polar surface area (TPSA) is 3.24 Å². The maximum Gasteiger partial charge on any atom is 0.00980 e. The van der Waals surface area contributed by atoms with Crippen LogP contribution in [0, 0.1) is 11.8 Å². The van der Waals surface area contributed by atoms with Gasteiger partial charge in [0.05, 0.1) is 0 Å². The van der Waals surface area contributed by atoms with Gasteiger partial charge in [0, 0.05) is 6.04 Å². The molecule has 1 aliphatic heterocycles. The van der Waals surface area contributed by atoms with Crippen LogP contribution in [0.1, 0.15) is 57.8 Å². The van der Waals surface area contributed by atoms with E-state index in [1.54, 1.807) is 19.3 Å². The Morgan fingerprint density at radius 1 is 0.800 bits per heavy atom. The molecule has 2 unspecified atom stereocenters. The molecule has 1 heteroatoms. The molecule has 0 amide bonds. The average molecular weight is 207 g/mol. The van der Waals surface area contributed by atoms with Gasteiger partial charge in [0.25, 0.3) is 0 Å². The van der Waals surface area contributed by atoms with Gasteiger partial charge >= 0.3 is 0 Å². The van der Waals surface area contributed by atoms with Gasteiger partial charge in [0.1, 0.15) is 0 Å². The zero-order valence-electron chi connectivity index (χ0n) is 9.96. The first kappa shape index (κ1) is 10.1. The smallest absolute Gasteiger partial charge is 0.00980 e. The Morgan fingerprint density at radius 3 is 2.27 bits per heavy atom. The fraction of sp³-hybridized carbons (Fsp3) is 1.00. The second-order valence-electron chi connectivity index (χ2n) is 6.11. The lowest BCUT2D eigenvalue weighted by atomic mass is 9.92. The van der Waals surface area contributed by atoms with E-state index in [0.29, 0.717) is 0 Å². The van der Waals surface area contributed by atoms with Crippen LogP contribution in [0.25, 0.3) is 0 Å². The molecular formula is C14H25N. The van der Waals surface area contributed by atoms with E-state index in [4.69, 9.17) is 0 Å². The standard InChI is InChI=1S/C14H25N/c1-2-5-12(4-1)10-13-6-7-14(11-13)15-8-3-9-15/h12-14H,1-11H2. The highest BCUT2D eigenvalue weighted by atomic mass is 15.2. The molecule has 86 valence electrons. The summed E-state index contributed by atoms with van der Waals surface area (Å²) in [5.41, 5.74) is 0. The lowest BCUT2D eigenvalue weighted by Gasteiger charge is -2.36. The summed E-state index contributed by atoms with van der Waals surface area (Å²) in [6, 6.07) is 0.991. The average Bonchev–Trinajstić information content (AvgIpc) is 2.75. The molecule has 2 aliphatic carbocycles. The third-order valence-corrected chi connectivity index (χ3v) is 5.06. The molecule has 0 N–H and O–H groups in total. The molecule has 3 aliphatic rings. The summed E-state index contributed by atoms with van der Waals surface area (Å²) in [4.78, 5) is 2.73. The van der Waals surface area contributed by atoms with Crippen molar-refractivity contribution in [2.24, 2.45) is 11.8 Å². The zero-order chi connectivity index (χ0) is 10.1. The Kier molecular flexibility index (Phi) is 3.01. The Bertz CT molecular complexity index is 203. The van der Waals surface area contributed by atoms with Gasteiger partial charge in [-0.2, -0.15) is 0 Å². The quantitative estimate of drug-likeness (QED) is 0.685. The molecule has 0 aromatic rings. The highest BCUT2D eigenvalue weighted by molar-refractivity contribution is 4.87. The lowest BCUT2D eigenvalue weighted by Crippen LogP contribution is -2.43. The van der Waals surface area contributed by atoms with Crippen molar-refractivity contribution in [3.8, 4) is 0 Å². The highest BCUT2D eigenvalue weighted by Crippen LogP contribution is 2.39. The first-order chi connectivity index (χ1) is 7.42. The molecule has 3 rings (SSSR count). The van der Waals surface area contributed by atoms with Gasteiger partial charge < -0.3 is 4.90 Å². The van der Waals surface area contributed by atoms with E-state index in [1.807, 2.05) is 0 Å². The molecule has 2 saturated carbocycles. The van der Waals surface area contributed by atoms with Gasteiger partial charge in [0.15, 0.2) is 0 Å². The van der Waals surface area contributed by atoms with Crippen molar-refractivity contribution in [1.82, 2.24) is 4.90 Å². The van der Waals surface area contributed by atoms with Gasteiger partial charge in [0.2, 0.25) is 0 Å². The van der Waals surface area contributed by atoms with E-state index < -0.39 is 0 Å². The predicted molar refractivity (Wildman–Crippen MR) is 63.9 cm³/mol. The van der Waals surface area contributed by atoms with Crippen molar-refractivity contribution >= 4 is 0 Å². The van der Waals surface area contributed by atoms with Crippen molar-refractivity contribution in [2.75, 3.05) is 13.1 Å². The molecule has 1 heterocycles. The van der Waals surface area contributed by atoms with Crippen molar-refractivity contribution in [3.05, 3.63) is 0 Å². The van der Waals surface area contributed by atoms with Crippen LogP contribution in [0.2, 0.25) is 0 Å². The monoisotopic (exact) mass is 207 g/mol. The summed E-state index contributed by atoms with van der Waals surface area (Å²) < 4.78 is 0. The summed E-state index contributed by atoms with van der Waals surface area (Å²) >= 11 is 0. The molecular weight excluding hydrogens is 182 g/mol. The molecule has 1 saturated heterocycles. The summed E-state index contributed by atoms with van der Waals surface area (Å²) in [5.74, 6) is 2.21. The molecule has 0 aromatic heterocycles. The summed E-state index contributed by atoms with van der Waals surface area (Å²) in [6.07, 6.45) is 13.8. The highest BCUT2D eigenvalue weighted by Gasteiger charge is 2.33. The Hall–Kier alpha value is -0.0400. The van der Waals surface area contributed by atoms with E-state index in [0.717, 1.165) is 17.9 Å². The van der Waals surface area contributed by atoms with Crippen LogP contribution in [0.5, 0.6) is 0 Å². The number of rotatable bonds is 3. The molecule has 0 radical (unpaired) electrons. The van der Waals surface area contributed by atoms with Gasteiger partial charge in [-0.15, -0.1) is 0 Å². The number of nitrogens with zero attached hydrogens (tertiary/aromatic N) is 1. The SMILES string of the molecule is C1CCC(CC2CCC(N3CCC3)C2)C1. The van der Waals surface area contributed by atoms with Crippen LogP contribution >= 0.6 is 0 Å². The minimum Gasteiger partial charge on any atom is -0.300 e. The van der Waals surface area contributed by atoms with Crippen LogP contribution in [0.3, 0.4) is 0 Å². The van der Waals surface area contributed by atoms with Gasteiger partial charge in [-0.25, -0.2) is 0 Å². The van der Waals surface area contributed by atoms with Crippen molar-refractivity contribution in [2.45, 2.75) is 63.8 Å². The second kappa shape index (κ2) is 4.45. The summed E-state index contributed by atoms with van der Waals surface area (Å²) in [6.45, 7) is 2.81. The third kappa shape index (κ3) is 2.22. The fourth-order valence-corrected chi connectivity index (χ4v) is 4.02. The third-order valence-electron chi connectivity index (χ3n) is 5.06. The number of likely N-dealkylation sites (tertiary alicyclic amines) is 1. The number of hydrogen-bond donors (Lipinski definition) is 0. The Balaban J connectivity index is 1.44. The Morgan fingerprint density at radius 2 is 1.60 bits per heavy atom. The van der Waals surface area contributed by atoms with Crippen molar-refractivity contribution in [3.63, 3.8) is 0 Å². The van der Waals surface area contributed by atoms with Crippen LogP contribution in [0.4, 0.5) is 0 Å². The van der Waals surface area contributed by atoms with Gasteiger partial charge in [-0.3, -0.25) is 0 Å². The van der Waals surface area contributed by atoms with Crippen molar-refractivity contribution in [1.29, 1.82) is 0 Å². The minimum atomic E-state index is 0.991. The van der Waals surface area contributed by atoms with E-state index in [2.05, 4.69) is 4.90 Å². The van der Waals surface area contributed by atoms with E-state index in [1.165, 1.54) is 51.6 Å². The fourth-order valence-electron chi connectivity index (χ4n) is 4.02. The molecule has 0 spiro atoms. The molecule has 3 fully saturated rings. The van der Waals surface area contributed by atoms with Gasteiger partial charge in [-0.05, 0) is 57.0 Å². The van der Waals surface area contributed by atoms with Crippen LogP contribution in [-0.2, 0) is 0 Å². The Labute approximate surface area is 94.2 Å². The first-order valence-corrected chi connectivity index (χ1v) is 7.16. The molecule has 1 nitrogen and oxygen atoms in total. The normalized spacial score (nSPS) is 38.4. The maximum atomic E-state index is 2.73. The van der Waals surface area contributed by atoms with Gasteiger partial charge in [-0.1, -0.05) is 25.7 Å².